The van der Waals surface area contributed by atoms with Gasteiger partial charge >= 0.3 is 0 Å². The molecule has 10 heavy (non-hydrogen) atoms. The van der Waals surface area contributed by atoms with Gasteiger partial charge in [0.15, 0.2) is 5.11 Å². The van der Waals surface area contributed by atoms with Crippen LogP contribution < -0.4 is 23.8 Å². The number of nitrogens with two attached hydrogens (primary N) is 2. The molecule has 0 rings (SSSR count). The summed E-state index contributed by atoms with van der Waals surface area (Å²) in [4.78, 5) is 0. The minimum absolute atomic E-state index is 0. The number of hydrogen-bond donors (Lipinski definition) is 6. The highest BCUT2D eigenvalue weighted by molar-refractivity contribution is 7.80. The van der Waals surface area contributed by atoms with Crippen LogP contribution in [0.2, 0.25) is 0 Å². The number of hydrogen-bond acceptors (Lipinski definition) is 4. The molecule has 0 amide bonds. The monoisotopic (exact) mass is 192 g/mol. The maximum atomic E-state index is 8.67. The molecule has 12 N–H and O–H groups in total. The predicted molar refractivity (Wildman–Crippen MR) is 44.4 cm³/mol. The maximum absolute atomic E-state index is 8.67. The van der Waals surface area contributed by atoms with Crippen LogP contribution in [0.5, 0.6) is 0 Å². The summed E-state index contributed by atoms with van der Waals surface area (Å²) < 4.78 is 22.8. The van der Waals surface area contributed by atoms with Crippen LogP contribution in [0, 0.1) is 0 Å². The Morgan fingerprint density at radius 3 is 1.30 bits per heavy atom. The molecule has 0 atom stereocenters. The van der Waals surface area contributed by atoms with Gasteiger partial charge in [-0.1, -0.05) is 0 Å². The molecule has 0 aliphatic heterocycles. The molecule has 9 heteroatoms. The van der Waals surface area contributed by atoms with Crippen molar-refractivity contribution in [2.45, 2.75) is 0 Å². The third-order valence-electron chi connectivity index (χ3n) is 0. The van der Waals surface area contributed by atoms with Gasteiger partial charge in [0, 0.05) is 0 Å². The van der Waals surface area contributed by atoms with E-state index >= 15 is 0 Å². The first-order valence-corrected chi connectivity index (χ1v) is 2.79. The zero-order valence-electron chi connectivity index (χ0n) is 5.19. The molecule has 0 heterocycles. The van der Waals surface area contributed by atoms with Gasteiger partial charge in [-0.15, -0.1) is 0 Å². The minimum Gasteiger partial charge on any atom is -0.377 e. The Balaban J connectivity index is -0.0000000300. The van der Waals surface area contributed by atoms with E-state index in [1.165, 1.54) is 0 Å². The fourth-order valence-electron chi connectivity index (χ4n) is 0. The molecular weight excluding hydrogens is 180 g/mol. The van der Waals surface area contributed by atoms with Gasteiger partial charge in [0.2, 0.25) is 0 Å². The summed E-state index contributed by atoms with van der Waals surface area (Å²) in [5.74, 6) is 0. The third-order valence-corrected chi connectivity index (χ3v) is 0. The van der Waals surface area contributed by atoms with Crippen molar-refractivity contribution >= 4 is 28.7 Å². The third kappa shape index (κ3) is 3350. The molecule has 0 bridgehead atoms. The standard InChI is InChI=1S/CH4N2S.2H3N.H2O3S/c2-1(3)4;;;1-4(2)3/h(H4,2,3,4);2*1H3;(H2,1,2,3). The lowest BCUT2D eigenvalue weighted by Crippen LogP contribution is -2.18. The second-order valence-corrected chi connectivity index (χ2v) is 1.57. The van der Waals surface area contributed by atoms with Crippen LogP contribution in [0.15, 0.2) is 0 Å². The van der Waals surface area contributed by atoms with Gasteiger partial charge in [0.05, 0.1) is 0 Å². The topological polar surface area (TPSA) is 180 Å². The number of rotatable bonds is 0. The average molecular weight is 192 g/mol. The molecule has 0 unspecified atom stereocenters. The molecule has 0 aromatic rings. The largest absolute Gasteiger partial charge is 0.377 e. The fraction of sp³-hybridized carbons (Fsp3) is 0. The molecule has 0 aliphatic rings. The summed E-state index contributed by atoms with van der Waals surface area (Å²) >= 11 is 1.48. The second-order valence-electron chi connectivity index (χ2n) is 0.633. The van der Waals surface area contributed by atoms with E-state index in [2.05, 4.69) is 23.7 Å². The fourth-order valence-corrected chi connectivity index (χ4v) is 0. The Morgan fingerprint density at radius 1 is 1.30 bits per heavy atom. The molecule has 0 spiro atoms. The van der Waals surface area contributed by atoms with E-state index < -0.39 is 11.4 Å². The van der Waals surface area contributed by atoms with E-state index in [4.69, 9.17) is 13.3 Å². The normalized spacial score (nSPS) is 5.90. The Bertz CT molecular complexity index is 76.5. The lowest BCUT2D eigenvalue weighted by atomic mass is 11.3. The van der Waals surface area contributed by atoms with Crippen molar-refractivity contribution in [2.75, 3.05) is 0 Å². The second kappa shape index (κ2) is 15.9. The van der Waals surface area contributed by atoms with Crippen LogP contribution in [-0.4, -0.2) is 18.4 Å². The van der Waals surface area contributed by atoms with Crippen LogP contribution in [0.1, 0.15) is 0 Å². The molecule has 66 valence electrons. The highest BCUT2D eigenvalue weighted by atomic mass is 32.2. The van der Waals surface area contributed by atoms with Crippen molar-refractivity contribution < 1.29 is 13.3 Å². The summed E-state index contributed by atoms with van der Waals surface area (Å²) in [5.41, 5.74) is 9.24. The average Bonchev–Trinajstić information content (AvgIpc) is 1.25. The van der Waals surface area contributed by atoms with Gasteiger partial charge in [0.1, 0.15) is 0 Å². The van der Waals surface area contributed by atoms with Crippen LogP contribution in [-0.2, 0) is 11.4 Å². The first-order valence-electron chi connectivity index (χ1n) is 1.31. The van der Waals surface area contributed by atoms with Crippen molar-refractivity contribution in [1.29, 1.82) is 0 Å². The van der Waals surface area contributed by atoms with Crippen molar-refractivity contribution in [2.24, 2.45) is 11.5 Å². The Morgan fingerprint density at radius 2 is 1.30 bits per heavy atom. The van der Waals surface area contributed by atoms with Gasteiger partial charge < -0.3 is 23.8 Å². The van der Waals surface area contributed by atoms with Gasteiger partial charge in [-0.05, 0) is 12.2 Å². The summed E-state index contributed by atoms with van der Waals surface area (Å²) in [6, 6.07) is 0. The van der Waals surface area contributed by atoms with E-state index in [1.54, 1.807) is 0 Å². The van der Waals surface area contributed by atoms with Crippen LogP contribution in [0.25, 0.3) is 0 Å². The van der Waals surface area contributed by atoms with Crippen molar-refractivity contribution in [3.8, 4) is 0 Å². The van der Waals surface area contributed by atoms with Crippen molar-refractivity contribution in [3.05, 3.63) is 0 Å². The van der Waals surface area contributed by atoms with E-state index in [1.807, 2.05) is 0 Å². The lowest BCUT2D eigenvalue weighted by Gasteiger charge is -1.68. The van der Waals surface area contributed by atoms with E-state index in [0.717, 1.165) is 0 Å². The molecule has 0 aromatic carbocycles. The molecule has 0 fully saturated rings. The first kappa shape index (κ1) is 22.6. The predicted octanol–water partition coefficient (Wildman–Crippen LogP) is -0.806. The Hall–Kier alpha value is -0.320. The summed E-state index contributed by atoms with van der Waals surface area (Å²) in [5, 5.41) is 0.000000000000000222. The van der Waals surface area contributed by atoms with Crippen molar-refractivity contribution in [3.63, 3.8) is 0 Å². The van der Waals surface area contributed by atoms with Crippen LogP contribution >= 0.6 is 12.2 Å². The summed E-state index contributed by atoms with van der Waals surface area (Å²) in [6.07, 6.45) is 0. The van der Waals surface area contributed by atoms with E-state index in [-0.39, 0.29) is 17.4 Å². The van der Waals surface area contributed by atoms with Gasteiger partial charge in [-0.2, -0.15) is 4.21 Å². The molecule has 0 saturated heterocycles. The minimum atomic E-state index is -2.61. The van der Waals surface area contributed by atoms with E-state index in [0.29, 0.717) is 0 Å². The number of thiocarbonyl (C=S) groups is 1. The molecular formula is CH12N4O3S2. The smallest absolute Gasteiger partial charge is 0.299 e. The molecule has 0 radical (unpaired) electrons. The summed E-state index contributed by atoms with van der Waals surface area (Å²) in [7, 11) is 0. The van der Waals surface area contributed by atoms with Crippen LogP contribution in [0.3, 0.4) is 0 Å². The van der Waals surface area contributed by atoms with Gasteiger partial charge in [-0.3, -0.25) is 9.11 Å². The van der Waals surface area contributed by atoms with E-state index in [9.17, 15) is 0 Å². The highest BCUT2D eigenvalue weighted by Gasteiger charge is 1.62. The highest BCUT2D eigenvalue weighted by Crippen LogP contribution is 1.44. The van der Waals surface area contributed by atoms with Gasteiger partial charge in [-0.25, -0.2) is 0 Å². The maximum Gasteiger partial charge on any atom is 0.299 e. The quantitative estimate of drug-likeness (QED) is 0.213. The molecule has 7 nitrogen and oxygen atoms in total. The zero-order valence-corrected chi connectivity index (χ0v) is 6.82. The van der Waals surface area contributed by atoms with Crippen molar-refractivity contribution in [1.82, 2.24) is 12.3 Å². The SMILES string of the molecule is N.N.NC(N)=S.O=S(O)O. The lowest BCUT2D eigenvalue weighted by molar-refractivity contribution is 0.454. The molecule has 0 saturated carbocycles. The molecule has 0 aromatic heterocycles. The molecule has 0 aliphatic carbocycles. The van der Waals surface area contributed by atoms with Gasteiger partial charge in [0.25, 0.3) is 11.4 Å². The summed E-state index contributed by atoms with van der Waals surface area (Å²) in [6.45, 7) is 0. The Kier molecular flexibility index (Phi) is 35.9. The Labute approximate surface area is 66.4 Å². The zero-order chi connectivity index (χ0) is 7.15. The van der Waals surface area contributed by atoms with Crippen LogP contribution in [0.4, 0.5) is 0 Å². The first-order chi connectivity index (χ1) is 3.46.